The first-order chi connectivity index (χ1) is 13.5. The van der Waals surface area contributed by atoms with Crippen molar-refractivity contribution < 1.29 is 19.1 Å². The molecule has 0 spiro atoms. The second-order valence-electron chi connectivity index (χ2n) is 6.58. The minimum atomic E-state index is -0.0879. The van der Waals surface area contributed by atoms with Crippen LogP contribution in [0.25, 0.3) is 0 Å². The normalized spacial score (nSPS) is 13.8. The first-order valence-corrected chi connectivity index (χ1v) is 9.15. The fraction of sp³-hybridized carbons (Fsp3) is 0.333. The van der Waals surface area contributed by atoms with Gasteiger partial charge in [-0.15, -0.1) is 0 Å². The summed E-state index contributed by atoms with van der Waals surface area (Å²) in [4.78, 5) is 28.0. The second kappa shape index (κ2) is 8.65. The van der Waals surface area contributed by atoms with E-state index in [0.29, 0.717) is 30.2 Å². The quantitative estimate of drug-likeness (QED) is 0.859. The van der Waals surface area contributed by atoms with Crippen LogP contribution in [0.1, 0.15) is 17.3 Å². The van der Waals surface area contributed by atoms with E-state index in [1.54, 1.807) is 32.4 Å². The third kappa shape index (κ3) is 4.36. The van der Waals surface area contributed by atoms with Crippen LogP contribution in [0.2, 0.25) is 0 Å². The van der Waals surface area contributed by atoms with Crippen molar-refractivity contribution in [2.45, 2.75) is 6.92 Å². The molecule has 1 aliphatic rings. The number of carbonyl (C=O) groups excluding carboxylic acids is 2. The van der Waals surface area contributed by atoms with Crippen molar-refractivity contribution in [3.63, 3.8) is 0 Å². The molecule has 0 aromatic heterocycles. The van der Waals surface area contributed by atoms with Gasteiger partial charge in [-0.1, -0.05) is 0 Å². The van der Waals surface area contributed by atoms with Crippen LogP contribution in [-0.2, 0) is 4.79 Å². The van der Waals surface area contributed by atoms with Crippen LogP contribution >= 0.6 is 0 Å². The van der Waals surface area contributed by atoms with E-state index in [-0.39, 0.29) is 11.8 Å². The summed E-state index contributed by atoms with van der Waals surface area (Å²) in [5.41, 5.74) is 2.44. The SMILES string of the molecule is COc1ccc(C(=O)N2CCN(c3ccc(NC(C)=O)cc3)CC2)cc1OC. The van der Waals surface area contributed by atoms with Gasteiger partial charge in [-0.05, 0) is 42.5 Å². The van der Waals surface area contributed by atoms with Gasteiger partial charge in [-0.2, -0.15) is 0 Å². The highest BCUT2D eigenvalue weighted by atomic mass is 16.5. The van der Waals surface area contributed by atoms with E-state index < -0.39 is 0 Å². The second-order valence-corrected chi connectivity index (χ2v) is 6.58. The number of anilines is 2. The molecule has 0 unspecified atom stereocenters. The Hall–Kier alpha value is -3.22. The van der Waals surface area contributed by atoms with E-state index in [2.05, 4.69) is 10.2 Å². The van der Waals surface area contributed by atoms with Gasteiger partial charge in [0.05, 0.1) is 14.2 Å². The van der Waals surface area contributed by atoms with E-state index in [4.69, 9.17) is 9.47 Å². The fourth-order valence-electron chi connectivity index (χ4n) is 3.28. The number of rotatable bonds is 5. The van der Waals surface area contributed by atoms with Crippen LogP contribution in [0.15, 0.2) is 42.5 Å². The molecule has 1 heterocycles. The molecule has 0 radical (unpaired) electrons. The van der Waals surface area contributed by atoms with E-state index >= 15 is 0 Å². The van der Waals surface area contributed by atoms with Crippen LogP contribution < -0.4 is 19.7 Å². The van der Waals surface area contributed by atoms with Crippen molar-refractivity contribution in [1.82, 2.24) is 4.90 Å². The van der Waals surface area contributed by atoms with Gasteiger partial charge in [0.1, 0.15) is 0 Å². The van der Waals surface area contributed by atoms with E-state index in [0.717, 1.165) is 24.5 Å². The number of nitrogens with one attached hydrogen (secondary N) is 1. The summed E-state index contributed by atoms with van der Waals surface area (Å²) in [6, 6.07) is 13.0. The van der Waals surface area contributed by atoms with Gasteiger partial charge >= 0.3 is 0 Å². The Morgan fingerprint density at radius 3 is 2.11 bits per heavy atom. The molecule has 148 valence electrons. The van der Waals surface area contributed by atoms with Gasteiger partial charge in [0, 0.05) is 50.0 Å². The lowest BCUT2D eigenvalue weighted by Gasteiger charge is -2.36. The van der Waals surface area contributed by atoms with Crippen molar-refractivity contribution in [2.75, 3.05) is 50.6 Å². The summed E-state index contributed by atoms with van der Waals surface area (Å²) in [6.45, 7) is 4.26. The third-order valence-electron chi connectivity index (χ3n) is 4.75. The molecule has 7 nitrogen and oxygen atoms in total. The average Bonchev–Trinajstić information content (AvgIpc) is 2.73. The molecular formula is C21H25N3O4. The Balaban J connectivity index is 1.62. The molecule has 1 saturated heterocycles. The third-order valence-corrected chi connectivity index (χ3v) is 4.75. The zero-order chi connectivity index (χ0) is 20.1. The minimum absolute atomic E-state index is 0.0124. The zero-order valence-electron chi connectivity index (χ0n) is 16.4. The van der Waals surface area contributed by atoms with E-state index in [9.17, 15) is 9.59 Å². The maximum absolute atomic E-state index is 12.8. The smallest absolute Gasteiger partial charge is 0.254 e. The lowest BCUT2D eigenvalue weighted by atomic mass is 10.1. The highest BCUT2D eigenvalue weighted by Crippen LogP contribution is 2.28. The van der Waals surface area contributed by atoms with Crippen LogP contribution in [0.4, 0.5) is 11.4 Å². The predicted molar refractivity (Wildman–Crippen MR) is 108 cm³/mol. The maximum Gasteiger partial charge on any atom is 0.254 e. The molecule has 0 aliphatic carbocycles. The maximum atomic E-state index is 12.8. The number of hydrogen-bond donors (Lipinski definition) is 1. The van der Waals surface area contributed by atoms with E-state index in [1.165, 1.54) is 6.92 Å². The molecular weight excluding hydrogens is 358 g/mol. The van der Waals surface area contributed by atoms with Gasteiger partial charge in [0.25, 0.3) is 5.91 Å². The molecule has 28 heavy (non-hydrogen) atoms. The number of amides is 2. The van der Waals surface area contributed by atoms with Crippen molar-refractivity contribution in [1.29, 1.82) is 0 Å². The van der Waals surface area contributed by atoms with Crippen molar-refractivity contribution >= 4 is 23.2 Å². The largest absolute Gasteiger partial charge is 0.493 e. The monoisotopic (exact) mass is 383 g/mol. The number of benzene rings is 2. The molecule has 0 bridgehead atoms. The van der Waals surface area contributed by atoms with Crippen molar-refractivity contribution in [3.8, 4) is 11.5 Å². The lowest BCUT2D eigenvalue weighted by molar-refractivity contribution is -0.114. The van der Waals surface area contributed by atoms with Gasteiger partial charge in [-0.3, -0.25) is 9.59 Å². The molecule has 1 fully saturated rings. The predicted octanol–water partition coefficient (Wildman–Crippen LogP) is 2.62. The number of carbonyl (C=O) groups is 2. The highest BCUT2D eigenvalue weighted by molar-refractivity contribution is 5.95. The number of piperazine rings is 1. The van der Waals surface area contributed by atoms with Crippen LogP contribution in [0, 0.1) is 0 Å². The standard InChI is InChI=1S/C21H25N3O4/c1-15(25)22-17-5-7-18(8-6-17)23-10-12-24(13-11-23)21(26)16-4-9-19(27-2)20(14-16)28-3/h4-9,14H,10-13H2,1-3H3,(H,22,25). The molecule has 1 N–H and O–H groups in total. The minimum Gasteiger partial charge on any atom is -0.493 e. The lowest BCUT2D eigenvalue weighted by Crippen LogP contribution is -2.48. The molecule has 7 heteroatoms. The molecule has 1 aliphatic heterocycles. The van der Waals surface area contributed by atoms with Gasteiger partial charge in [0.2, 0.25) is 5.91 Å². The Morgan fingerprint density at radius 2 is 1.54 bits per heavy atom. The summed E-state index contributed by atoms with van der Waals surface area (Å²) in [5.74, 6) is 1.05. The molecule has 0 atom stereocenters. The van der Waals surface area contributed by atoms with Gasteiger partial charge < -0.3 is 24.6 Å². The van der Waals surface area contributed by atoms with Crippen LogP contribution in [0.3, 0.4) is 0 Å². The Kier molecular flexibility index (Phi) is 6.03. The Labute approximate surface area is 164 Å². The Bertz CT molecular complexity index is 843. The number of hydrogen-bond acceptors (Lipinski definition) is 5. The molecule has 3 rings (SSSR count). The summed E-state index contributed by atoms with van der Waals surface area (Å²) in [6.07, 6.45) is 0. The van der Waals surface area contributed by atoms with Crippen LogP contribution in [0.5, 0.6) is 11.5 Å². The van der Waals surface area contributed by atoms with Gasteiger partial charge in [-0.25, -0.2) is 0 Å². The number of ether oxygens (including phenoxy) is 2. The molecule has 0 saturated carbocycles. The zero-order valence-corrected chi connectivity index (χ0v) is 16.4. The van der Waals surface area contributed by atoms with E-state index in [1.807, 2.05) is 29.2 Å². The fourth-order valence-corrected chi connectivity index (χ4v) is 3.28. The van der Waals surface area contributed by atoms with Crippen LogP contribution in [-0.4, -0.2) is 57.1 Å². The first kappa shape index (κ1) is 19.5. The number of methoxy groups -OCH3 is 2. The first-order valence-electron chi connectivity index (χ1n) is 9.15. The van der Waals surface area contributed by atoms with Crippen molar-refractivity contribution in [3.05, 3.63) is 48.0 Å². The molecule has 2 aromatic rings. The summed E-state index contributed by atoms with van der Waals surface area (Å²) >= 11 is 0. The summed E-state index contributed by atoms with van der Waals surface area (Å²) in [7, 11) is 3.13. The summed E-state index contributed by atoms with van der Waals surface area (Å²) in [5, 5.41) is 2.76. The Morgan fingerprint density at radius 1 is 0.893 bits per heavy atom. The highest BCUT2D eigenvalue weighted by Gasteiger charge is 2.23. The number of nitrogens with zero attached hydrogens (tertiary/aromatic N) is 2. The molecule has 2 aromatic carbocycles. The average molecular weight is 383 g/mol. The van der Waals surface area contributed by atoms with Crippen molar-refractivity contribution in [2.24, 2.45) is 0 Å². The molecule has 2 amide bonds. The summed E-state index contributed by atoms with van der Waals surface area (Å²) < 4.78 is 10.5. The topological polar surface area (TPSA) is 71.1 Å². The van der Waals surface area contributed by atoms with Gasteiger partial charge in [0.15, 0.2) is 11.5 Å².